The molecule has 0 saturated heterocycles. The maximum atomic E-state index is 11.8. The number of pyridine rings is 1. The average Bonchev–Trinajstić information content (AvgIpc) is 3.10. The highest BCUT2D eigenvalue weighted by Crippen LogP contribution is 2.29. The van der Waals surface area contributed by atoms with Crippen molar-refractivity contribution < 1.29 is 4.79 Å². The summed E-state index contributed by atoms with van der Waals surface area (Å²) in [6, 6.07) is 9.81. The Hall–Kier alpha value is -3.17. The van der Waals surface area contributed by atoms with E-state index in [4.69, 9.17) is 11.6 Å². The van der Waals surface area contributed by atoms with Gasteiger partial charge in [0.2, 0.25) is 5.91 Å². The summed E-state index contributed by atoms with van der Waals surface area (Å²) < 4.78 is 1.61. The van der Waals surface area contributed by atoms with Crippen LogP contribution in [0.5, 0.6) is 0 Å². The third-order valence-electron chi connectivity index (χ3n) is 3.97. The summed E-state index contributed by atoms with van der Waals surface area (Å²) in [5, 5.41) is 13.9. The number of halogens is 1. The fourth-order valence-electron chi connectivity index (χ4n) is 2.49. The number of benzene rings is 1. The first kappa shape index (κ1) is 17.6. The first-order valence-corrected chi connectivity index (χ1v) is 8.24. The van der Waals surface area contributed by atoms with Gasteiger partial charge in [0.1, 0.15) is 12.6 Å². The minimum absolute atomic E-state index is 0.0208. The predicted octanol–water partition coefficient (Wildman–Crippen LogP) is 3.23. The van der Waals surface area contributed by atoms with Crippen LogP contribution in [0, 0.1) is 11.3 Å². The van der Waals surface area contributed by atoms with Gasteiger partial charge in [-0.2, -0.15) is 10.4 Å². The van der Waals surface area contributed by atoms with Gasteiger partial charge in [0.15, 0.2) is 0 Å². The van der Waals surface area contributed by atoms with Gasteiger partial charge in [-0.3, -0.25) is 14.5 Å². The number of hydrogen-bond acceptors (Lipinski definition) is 4. The zero-order chi connectivity index (χ0) is 18.7. The predicted molar refractivity (Wildman–Crippen MR) is 99.3 cm³/mol. The number of carbonyl (C=O) groups excluding carboxylic acids is 1. The van der Waals surface area contributed by atoms with Crippen molar-refractivity contribution in [1.29, 1.82) is 5.26 Å². The highest BCUT2D eigenvalue weighted by Gasteiger charge is 2.11. The molecule has 0 aliphatic rings. The Morgan fingerprint density at radius 1 is 1.15 bits per heavy atom. The van der Waals surface area contributed by atoms with Gasteiger partial charge in [0, 0.05) is 43.8 Å². The first-order valence-electron chi connectivity index (χ1n) is 7.86. The van der Waals surface area contributed by atoms with E-state index in [9.17, 15) is 10.1 Å². The standard InChI is InChI=1S/C19H16ClN5O/c1-24(2)19(26)12-25-11-15(8-23-25)13-3-5-14(6-4-13)17-9-22-10-18(20)16(17)7-21/h3-6,8-11H,12H2,1-2H3. The molecule has 1 aromatic carbocycles. The molecule has 130 valence electrons. The summed E-state index contributed by atoms with van der Waals surface area (Å²) in [4.78, 5) is 17.4. The molecule has 26 heavy (non-hydrogen) atoms. The molecule has 0 saturated carbocycles. The van der Waals surface area contributed by atoms with E-state index in [1.807, 2.05) is 30.5 Å². The largest absolute Gasteiger partial charge is 0.347 e. The van der Waals surface area contributed by atoms with Crippen LogP contribution >= 0.6 is 11.6 Å². The van der Waals surface area contributed by atoms with Crippen molar-refractivity contribution in [3.63, 3.8) is 0 Å². The zero-order valence-electron chi connectivity index (χ0n) is 14.3. The molecule has 2 heterocycles. The molecule has 3 aromatic rings. The Kier molecular flexibility index (Phi) is 5.01. The second-order valence-electron chi connectivity index (χ2n) is 5.95. The van der Waals surface area contributed by atoms with E-state index >= 15 is 0 Å². The second-order valence-corrected chi connectivity index (χ2v) is 6.35. The van der Waals surface area contributed by atoms with Gasteiger partial charge in [0.25, 0.3) is 0 Å². The molecule has 2 aromatic heterocycles. The third kappa shape index (κ3) is 3.58. The SMILES string of the molecule is CN(C)C(=O)Cn1cc(-c2ccc(-c3cncc(Cl)c3C#N)cc2)cn1. The molecule has 1 amide bonds. The molecule has 0 bridgehead atoms. The van der Waals surface area contributed by atoms with Gasteiger partial charge < -0.3 is 4.90 Å². The Bertz CT molecular complexity index is 986. The number of amides is 1. The van der Waals surface area contributed by atoms with Crippen LogP contribution in [0.4, 0.5) is 0 Å². The van der Waals surface area contributed by atoms with Crippen LogP contribution in [0.3, 0.4) is 0 Å². The van der Waals surface area contributed by atoms with E-state index in [0.717, 1.165) is 16.7 Å². The molecule has 0 aliphatic heterocycles. The molecular weight excluding hydrogens is 350 g/mol. The molecule has 0 spiro atoms. The van der Waals surface area contributed by atoms with Gasteiger partial charge in [-0.1, -0.05) is 35.9 Å². The van der Waals surface area contributed by atoms with Crippen LogP contribution in [0.15, 0.2) is 49.1 Å². The van der Waals surface area contributed by atoms with E-state index in [1.165, 1.54) is 11.1 Å². The average molecular weight is 366 g/mol. The van der Waals surface area contributed by atoms with Crippen molar-refractivity contribution in [2.75, 3.05) is 14.1 Å². The van der Waals surface area contributed by atoms with Crippen LogP contribution < -0.4 is 0 Å². The Morgan fingerprint density at radius 3 is 2.50 bits per heavy atom. The maximum absolute atomic E-state index is 11.8. The molecule has 7 heteroatoms. The molecule has 0 N–H and O–H groups in total. The number of hydrogen-bond donors (Lipinski definition) is 0. The van der Waals surface area contributed by atoms with Crippen molar-refractivity contribution in [1.82, 2.24) is 19.7 Å². The quantitative estimate of drug-likeness (QED) is 0.711. The molecule has 0 atom stereocenters. The highest BCUT2D eigenvalue weighted by molar-refractivity contribution is 6.32. The molecule has 0 fully saturated rings. The van der Waals surface area contributed by atoms with Gasteiger partial charge in [0.05, 0.1) is 16.8 Å². The van der Waals surface area contributed by atoms with Gasteiger partial charge in [-0.25, -0.2) is 0 Å². The van der Waals surface area contributed by atoms with E-state index in [0.29, 0.717) is 16.1 Å². The molecular formula is C19H16ClN5O. The topological polar surface area (TPSA) is 74.8 Å². The Balaban J connectivity index is 1.85. The van der Waals surface area contributed by atoms with Gasteiger partial charge in [-0.05, 0) is 11.1 Å². The lowest BCUT2D eigenvalue weighted by atomic mass is 10.00. The lowest BCUT2D eigenvalue weighted by molar-refractivity contribution is -0.129. The number of aromatic nitrogens is 3. The molecule has 6 nitrogen and oxygen atoms in total. The smallest absolute Gasteiger partial charge is 0.243 e. The first-order chi connectivity index (χ1) is 12.5. The Morgan fingerprint density at radius 2 is 1.85 bits per heavy atom. The molecule has 3 rings (SSSR count). The fraction of sp³-hybridized carbons (Fsp3) is 0.158. The minimum Gasteiger partial charge on any atom is -0.347 e. The maximum Gasteiger partial charge on any atom is 0.243 e. The number of likely N-dealkylation sites (N-methyl/N-ethyl adjacent to an activating group) is 1. The molecule has 0 aliphatic carbocycles. The van der Waals surface area contributed by atoms with Crippen LogP contribution in [-0.4, -0.2) is 39.7 Å². The highest BCUT2D eigenvalue weighted by atomic mass is 35.5. The van der Waals surface area contributed by atoms with Crippen molar-refractivity contribution >= 4 is 17.5 Å². The van der Waals surface area contributed by atoms with E-state index in [-0.39, 0.29) is 12.5 Å². The van der Waals surface area contributed by atoms with Crippen LogP contribution in [0.1, 0.15) is 5.56 Å². The minimum atomic E-state index is -0.0208. The third-order valence-corrected chi connectivity index (χ3v) is 4.26. The summed E-state index contributed by atoms with van der Waals surface area (Å²) in [6.45, 7) is 0.199. The number of carbonyl (C=O) groups is 1. The lowest BCUT2D eigenvalue weighted by Gasteiger charge is -2.09. The van der Waals surface area contributed by atoms with Gasteiger partial charge in [-0.15, -0.1) is 0 Å². The van der Waals surface area contributed by atoms with Gasteiger partial charge >= 0.3 is 0 Å². The van der Waals surface area contributed by atoms with Crippen molar-refractivity contribution in [3.8, 4) is 28.3 Å². The monoisotopic (exact) mass is 365 g/mol. The van der Waals surface area contributed by atoms with Crippen LogP contribution in [-0.2, 0) is 11.3 Å². The lowest BCUT2D eigenvalue weighted by Crippen LogP contribution is -2.26. The van der Waals surface area contributed by atoms with Crippen molar-refractivity contribution in [2.24, 2.45) is 0 Å². The summed E-state index contributed by atoms with van der Waals surface area (Å²) in [5.74, 6) is -0.0208. The zero-order valence-corrected chi connectivity index (χ0v) is 15.1. The summed E-state index contributed by atoms with van der Waals surface area (Å²) >= 11 is 6.05. The number of nitriles is 1. The van der Waals surface area contributed by atoms with E-state index in [1.54, 1.807) is 31.2 Å². The molecule has 0 radical (unpaired) electrons. The summed E-state index contributed by atoms with van der Waals surface area (Å²) in [7, 11) is 3.43. The van der Waals surface area contributed by atoms with Crippen LogP contribution in [0.2, 0.25) is 5.02 Å². The fourth-order valence-corrected chi connectivity index (χ4v) is 2.69. The van der Waals surface area contributed by atoms with Crippen LogP contribution in [0.25, 0.3) is 22.3 Å². The normalized spacial score (nSPS) is 10.4. The van der Waals surface area contributed by atoms with Crippen molar-refractivity contribution in [3.05, 3.63) is 59.6 Å². The second kappa shape index (κ2) is 7.38. The summed E-state index contributed by atoms with van der Waals surface area (Å²) in [6.07, 6.45) is 6.64. The van der Waals surface area contributed by atoms with Crippen molar-refractivity contribution in [2.45, 2.75) is 6.54 Å². The van der Waals surface area contributed by atoms with E-state index < -0.39 is 0 Å². The number of nitrogens with zero attached hydrogens (tertiary/aromatic N) is 5. The number of rotatable bonds is 4. The van der Waals surface area contributed by atoms with E-state index in [2.05, 4.69) is 16.2 Å². The molecule has 0 unspecified atom stereocenters. The Labute approximate surface area is 156 Å². The summed E-state index contributed by atoms with van der Waals surface area (Å²) in [5.41, 5.74) is 3.83.